The summed E-state index contributed by atoms with van der Waals surface area (Å²) in [5, 5.41) is 11.3. The fourth-order valence-corrected chi connectivity index (χ4v) is 2.84. The van der Waals surface area contributed by atoms with Gasteiger partial charge < -0.3 is 16.0 Å². The summed E-state index contributed by atoms with van der Waals surface area (Å²) >= 11 is 6.25. The van der Waals surface area contributed by atoms with Gasteiger partial charge in [0.05, 0.1) is 0 Å². The minimum Gasteiger partial charge on any atom is -0.366 e. The number of urea groups is 1. The first-order chi connectivity index (χ1) is 12.5. The van der Waals surface area contributed by atoms with Gasteiger partial charge in [0.2, 0.25) is 0 Å². The zero-order chi connectivity index (χ0) is 18.5. The number of pyridine rings is 1. The molecule has 3 aromatic rings. The number of anilines is 2. The topological polar surface area (TPSA) is 66.1 Å². The van der Waals surface area contributed by atoms with Crippen LogP contribution in [0.25, 0.3) is 10.8 Å². The molecule has 26 heavy (non-hydrogen) atoms. The second-order valence-electron chi connectivity index (χ2n) is 6.32. The van der Waals surface area contributed by atoms with E-state index in [1.165, 1.54) is 0 Å². The Kier molecular flexibility index (Phi) is 5.58. The first-order valence-corrected chi connectivity index (χ1v) is 8.84. The molecule has 0 aliphatic heterocycles. The molecule has 3 rings (SSSR count). The second kappa shape index (κ2) is 8.06. The van der Waals surface area contributed by atoms with Crippen molar-refractivity contribution < 1.29 is 4.79 Å². The van der Waals surface area contributed by atoms with Crippen molar-refractivity contribution in [1.29, 1.82) is 0 Å². The van der Waals surface area contributed by atoms with Crippen LogP contribution in [-0.2, 0) is 6.54 Å². The van der Waals surface area contributed by atoms with Gasteiger partial charge in [0.15, 0.2) is 0 Å². The molecule has 5 nitrogen and oxygen atoms in total. The Labute approximate surface area is 157 Å². The van der Waals surface area contributed by atoms with Gasteiger partial charge in [0, 0.05) is 23.7 Å². The Morgan fingerprint density at radius 1 is 1.12 bits per heavy atom. The fourth-order valence-electron chi connectivity index (χ4n) is 2.57. The zero-order valence-corrected chi connectivity index (χ0v) is 15.5. The van der Waals surface area contributed by atoms with E-state index in [9.17, 15) is 4.79 Å². The molecule has 0 saturated heterocycles. The molecule has 1 heterocycles. The molecule has 0 aliphatic carbocycles. The van der Waals surface area contributed by atoms with Crippen LogP contribution in [0.2, 0.25) is 5.15 Å². The van der Waals surface area contributed by atoms with Crippen LogP contribution >= 0.6 is 11.6 Å². The van der Waals surface area contributed by atoms with Crippen molar-refractivity contribution in [2.75, 3.05) is 10.6 Å². The molecule has 0 atom stereocenters. The van der Waals surface area contributed by atoms with E-state index in [1.54, 1.807) is 0 Å². The molecule has 1 aromatic heterocycles. The van der Waals surface area contributed by atoms with Crippen LogP contribution in [0.5, 0.6) is 0 Å². The van der Waals surface area contributed by atoms with Gasteiger partial charge in [-0.25, -0.2) is 9.78 Å². The Bertz CT molecular complexity index is 909. The molecule has 2 aromatic carbocycles. The van der Waals surface area contributed by atoms with Crippen molar-refractivity contribution in [1.82, 2.24) is 10.3 Å². The van der Waals surface area contributed by atoms with E-state index < -0.39 is 0 Å². The predicted molar refractivity (Wildman–Crippen MR) is 108 cm³/mol. The highest BCUT2D eigenvalue weighted by Gasteiger charge is 2.05. The Morgan fingerprint density at radius 2 is 1.85 bits per heavy atom. The lowest BCUT2D eigenvalue weighted by Crippen LogP contribution is -2.34. The third kappa shape index (κ3) is 4.64. The molecular formula is C20H21ClN4O. The molecule has 3 N–H and O–H groups in total. The Hall–Kier alpha value is -2.79. The molecule has 0 unspecified atom stereocenters. The summed E-state index contributed by atoms with van der Waals surface area (Å²) in [5.41, 5.74) is 1.82. The first-order valence-electron chi connectivity index (χ1n) is 8.47. The van der Waals surface area contributed by atoms with Gasteiger partial charge in [0.1, 0.15) is 11.0 Å². The lowest BCUT2D eigenvalue weighted by Gasteiger charge is -2.11. The van der Waals surface area contributed by atoms with Gasteiger partial charge in [-0.3, -0.25) is 0 Å². The maximum absolute atomic E-state index is 11.7. The molecule has 0 fully saturated rings. The third-order valence-electron chi connectivity index (χ3n) is 3.80. The van der Waals surface area contributed by atoms with Crippen LogP contribution < -0.4 is 16.0 Å². The highest BCUT2D eigenvalue weighted by Crippen LogP contribution is 2.24. The summed E-state index contributed by atoms with van der Waals surface area (Å²) in [5.74, 6) is 0.729. The summed E-state index contributed by atoms with van der Waals surface area (Å²) in [4.78, 5) is 16.1. The highest BCUT2D eigenvalue weighted by molar-refractivity contribution is 6.34. The standard InChI is InChI=1S/C20H21ClN4O/c1-13(2)23-20(26)24-16-9-7-14(8-10-16)12-22-18-11-15-5-3-4-6-17(15)19(21)25-18/h3-11,13H,12H2,1-2H3,(H,22,25)(H2,23,24,26). The molecule has 6 heteroatoms. The van der Waals surface area contributed by atoms with Gasteiger partial charge in [0.25, 0.3) is 0 Å². The minimum absolute atomic E-state index is 0.0970. The number of rotatable bonds is 5. The number of hydrogen-bond acceptors (Lipinski definition) is 3. The molecule has 0 bridgehead atoms. The monoisotopic (exact) mass is 368 g/mol. The van der Waals surface area contributed by atoms with Crippen LogP contribution in [0.3, 0.4) is 0 Å². The summed E-state index contributed by atoms with van der Waals surface area (Å²) in [7, 11) is 0. The summed E-state index contributed by atoms with van der Waals surface area (Å²) in [6, 6.07) is 17.4. The largest absolute Gasteiger partial charge is 0.366 e. The summed E-state index contributed by atoms with van der Waals surface area (Å²) in [6.45, 7) is 4.45. The van der Waals surface area contributed by atoms with Crippen molar-refractivity contribution in [3.63, 3.8) is 0 Å². The smallest absolute Gasteiger partial charge is 0.319 e. The van der Waals surface area contributed by atoms with Crippen LogP contribution in [0.1, 0.15) is 19.4 Å². The van der Waals surface area contributed by atoms with Gasteiger partial charge >= 0.3 is 6.03 Å². The number of nitrogens with zero attached hydrogens (tertiary/aromatic N) is 1. The average Bonchev–Trinajstić information content (AvgIpc) is 2.60. The third-order valence-corrected chi connectivity index (χ3v) is 4.09. The van der Waals surface area contributed by atoms with Gasteiger partial charge in [-0.1, -0.05) is 48.0 Å². The highest BCUT2D eigenvalue weighted by atomic mass is 35.5. The molecule has 2 amide bonds. The number of benzene rings is 2. The van der Waals surface area contributed by atoms with Gasteiger partial charge in [-0.05, 0) is 43.0 Å². The number of hydrogen-bond donors (Lipinski definition) is 3. The first kappa shape index (κ1) is 18.0. The van der Waals surface area contributed by atoms with Gasteiger partial charge in [-0.2, -0.15) is 0 Å². The van der Waals surface area contributed by atoms with Crippen molar-refractivity contribution in [2.45, 2.75) is 26.4 Å². The number of carbonyl (C=O) groups excluding carboxylic acids is 1. The number of halogens is 1. The molecule has 0 radical (unpaired) electrons. The Morgan fingerprint density at radius 3 is 2.58 bits per heavy atom. The van der Waals surface area contributed by atoms with Crippen LogP contribution in [0.4, 0.5) is 16.3 Å². The maximum atomic E-state index is 11.7. The normalized spacial score (nSPS) is 10.8. The number of carbonyl (C=O) groups is 1. The number of aromatic nitrogens is 1. The quantitative estimate of drug-likeness (QED) is 0.553. The van der Waals surface area contributed by atoms with E-state index >= 15 is 0 Å². The Balaban J connectivity index is 1.62. The fraction of sp³-hybridized carbons (Fsp3) is 0.200. The van der Waals surface area contributed by atoms with E-state index in [-0.39, 0.29) is 12.1 Å². The maximum Gasteiger partial charge on any atom is 0.319 e. The van der Waals surface area contributed by atoms with Gasteiger partial charge in [-0.15, -0.1) is 0 Å². The van der Waals surface area contributed by atoms with Crippen molar-refractivity contribution in [2.24, 2.45) is 0 Å². The van der Waals surface area contributed by atoms with E-state index in [4.69, 9.17) is 11.6 Å². The second-order valence-corrected chi connectivity index (χ2v) is 6.68. The lowest BCUT2D eigenvalue weighted by atomic mass is 10.1. The SMILES string of the molecule is CC(C)NC(=O)Nc1ccc(CNc2cc3ccccc3c(Cl)n2)cc1. The molecular weight excluding hydrogens is 348 g/mol. The zero-order valence-electron chi connectivity index (χ0n) is 14.7. The minimum atomic E-state index is -0.208. The van der Waals surface area contributed by atoms with Crippen LogP contribution in [0, 0.1) is 0 Å². The summed E-state index contributed by atoms with van der Waals surface area (Å²) < 4.78 is 0. The van der Waals surface area contributed by atoms with E-state index in [0.29, 0.717) is 11.7 Å². The number of amides is 2. The lowest BCUT2D eigenvalue weighted by molar-refractivity contribution is 0.250. The van der Waals surface area contributed by atoms with E-state index in [1.807, 2.05) is 68.4 Å². The van der Waals surface area contributed by atoms with Crippen molar-refractivity contribution in [3.8, 4) is 0 Å². The number of fused-ring (bicyclic) bond motifs is 1. The molecule has 0 spiro atoms. The summed E-state index contributed by atoms with van der Waals surface area (Å²) in [6.07, 6.45) is 0. The van der Waals surface area contributed by atoms with E-state index in [0.717, 1.165) is 27.8 Å². The van der Waals surface area contributed by atoms with E-state index in [2.05, 4.69) is 20.9 Å². The van der Waals surface area contributed by atoms with Crippen LogP contribution in [-0.4, -0.2) is 17.1 Å². The molecule has 0 saturated carbocycles. The van der Waals surface area contributed by atoms with Crippen LogP contribution in [0.15, 0.2) is 54.6 Å². The van der Waals surface area contributed by atoms with Crippen molar-refractivity contribution in [3.05, 3.63) is 65.3 Å². The number of nitrogens with one attached hydrogen (secondary N) is 3. The average molecular weight is 369 g/mol. The van der Waals surface area contributed by atoms with Crippen molar-refractivity contribution >= 4 is 39.9 Å². The molecule has 0 aliphatic rings. The predicted octanol–water partition coefficient (Wildman–Crippen LogP) is 5.03. The molecule has 134 valence electrons.